The fraction of sp³-hybridized carbons (Fsp3) is 0.182. The molecule has 1 atom stereocenters. The Kier molecular flexibility index (Phi) is 4.28. The Morgan fingerprint density at radius 1 is 1.42 bits per heavy atom. The van der Waals surface area contributed by atoms with Crippen molar-refractivity contribution < 1.29 is 19.8 Å². The van der Waals surface area contributed by atoms with E-state index in [1.165, 1.54) is 11.3 Å². The lowest BCUT2D eigenvalue weighted by atomic mass is 10.3. The number of halogens is 1. The fourth-order valence-electron chi connectivity index (χ4n) is 1.40. The number of thioether (sulfide) groups is 1. The molecule has 2 N–H and O–H groups in total. The molecule has 0 amide bonds. The molecule has 0 bridgehead atoms. The molecule has 100 valence electrons. The standard InChI is InChI=1S/C11H8ClNO4S2/c12-5-2-1-3-6-9(5)13-11(18-6)19-7(10(16)17)4-8(14)15/h1-3,7H,4H2,(H,14,15)(H,16,17). The number of benzene rings is 1. The summed E-state index contributed by atoms with van der Waals surface area (Å²) < 4.78 is 1.34. The molecule has 1 aromatic carbocycles. The first-order valence-electron chi connectivity index (χ1n) is 5.13. The zero-order valence-electron chi connectivity index (χ0n) is 9.37. The number of carboxylic acid groups (broad SMARTS) is 2. The number of hydrogen-bond donors (Lipinski definition) is 2. The van der Waals surface area contributed by atoms with Crippen LogP contribution in [0.15, 0.2) is 22.5 Å². The van der Waals surface area contributed by atoms with E-state index in [1.807, 2.05) is 6.07 Å². The van der Waals surface area contributed by atoms with Gasteiger partial charge >= 0.3 is 11.9 Å². The second-order valence-corrected chi connectivity index (χ2v) is 6.50. The minimum atomic E-state index is -1.17. The predicted molar refractivity (Wildman–Crippen MR) is 74.2 cm³/mol. The molecule has 0 spiro atoms. The molecular formula is C11H8ClNO4S2. The average Bonchev–Trinajstić information content (AvgIpc) is 2.71. The third-order valence-corrected chi connectivity index (χ3v) is 4.83. The maximum Gasteiger partial charge on any atom is 0.317 e. The highest BCUT2D eigenvalue weighted by Crippen LogP contribution is 2.35. The Bertz CT molecular complexity index is 643. The van der Waals surface area contributed by atoms with E-state index in [0.29, 0.717) is 14.9 Å². The lowest BCUT2D eigenvalue weighted by Gasteiger charge is -2.06. The van der Waals surface area contributed by atoms with Gasteiger partial charge in [-0.05, 0) is 12.1 Å². The van der Waals surface area contributed by atoms with Crippen molar-refractivity contribution in [1.29, 1.82) is 0 Å². The first-order chi connectivity index (χ1) is 8.97. The van der Waals surface area contributed by atoms with Crippen molar-refractivity contribution in [2.45, 2.75) is 16.0 Å². The summed E-state index contributed by atoms with van der Waals surface area (Å²) in [6.45, 7) is 0. The number of carbonyl (C=O) groups is 2. The predicted octanol–water partition coefficient (Wildman–Crippen LogP) is 2.97. The number of rotatable bonds is 5. The summed E-state index contributed by atoms with van der Waals surface area (Å²) in [4.78, 5) is 25.8. The van der Waals surface area contributed by atoms with Crippen molar-refractivity contribution >= 4 is 56.9 Å². The lowest BCUT2D eigenvalue weighted by Crippen LogP contribution is -2.20. The number of hydrogen-bond acceptors (Lipinski definition) is 5. The highest BCUT2D eigenvalue weighted by Gasteiger charge is 2.24. The zero-order chi connectivity index (χ0) is 14.0. The van der Waals surface area contributed by atoms with Crippen LogP contribution in [0.4, 0.5) is 0 Å². The van der Waals surface area contributed by atoms with E-state index in [9.17, 15) is 9.59 Å². The van der Waals surface area contributed by atoms with Crippen LogP contribution < -0.4 is 0 Å². The summed E-state index contributed by atoms with van der Waals surface area (Å²) >= 11 is 8.20. The topological polar surface area (TPSA) is 87.5 Å². The van der Waals surface area contributed by atoms with Gasteiger partial charge in [-0.1, -0.05) is 29.4 Å². The highest BCUT2D eigenvalue weighted by atomic mass is 35.5. The van der Waals surface area contributed by atoms with Crippen LogP contribution in [0.5, 0.6) is 0 Å². The number of para-hydroxylation sites is 1. The van der Waals surface area contributed by atoms with Crippen molar-refractivity contribution in [2.75, 3.05) is 0 Å². The van der Waals surface area contributed by atoms with Gasteiger partial charge in [-0.3, -0.25) is 9.59 Å². The molecule has 0 radical (unpaired) electrons. The van der Waals surface area contributed by atoms with Gasteiger partial charge in [0.05, 0.1) is 16.1 Å². The summed E-state index contributed by atoms with van der Waals surface area (Å²) in [7, 11) is 0. The van der Waals surface area contributed by atoms with Crippen LogP contribution in [-0.4, -0.2) is 32.4 Å². The van der Waals surface area contributed by atoms with Gasteiger partial charge in [0.2, 0.25) is 0 Å². The second-order valence-electron chi connectivity index (χ2n) is 3.61. The smallest absolute Gasteiger partial charge is 0.317 e. The van der Waals surface area contributed by atoms with E-state index in [-0.39, 0.29) is 0 Å². The molecule has 0 aliphatic carbocycles. The SMILES string of the molecule is O=C(O)CC(Sc1nc2c(Cl)cccc2s1)C(=O)O. The van der Waals surface area contributed by atoms with Crippen molar-refractivity contribution in [3.05, 3.63) is 23.2 Å². The van der Waals surface area contributed by atoms with E-state index in [0.717, 1.165) is 16.5 Å². The van der Waals surface area contributed by atoms with Gasteiger partial charge in [0, 0.05) is 0 Å². The summed E-state index contributed by atoms with van der Waals surface area (Å²) in [5, 5.41) is 17.1. The van der Waals surface area contributed by atoms with Gasteiger partial charge in [-0.15, -0.1) is 11.3 Å². The summed E-state index contributed by atoms with van der Waals surface area (Å²) in [6, 6.07) is 5.31. The van der Waals surface area contributed by atoms with Crippen LogP contribution in [0.1, 0.15) is 6.42 Å². The maximum atomic E-state index is 11.0. The monoisotopic (exact) mass is 317 g/mol. The molecule has 8 heteroatoms. The summed E-state index contributed by atoms with van der Waals surface area (Å²) in [5.74, 6) is -2.32. The summed E-state index contributed by atoms with van der Waals surface area (Å²) in [5.41, 5.74) is 0.608. The molecule has 0 aliphatic heterocycles. The van der Waals surface area contributed by atoms with Crippen LogP contribution >= 0.6 is 34.7 Å². The molecule has 19 heavy (non-hydrogen) atoms. The Labute approximate surface area is 121 Å². The van der Waals surface area contributed by atoms with Crippen LogP contribution in [-0.2, 0) is 9.59 Å². The highest BCUT2D eigenvalue weighted by molar-refractivity contribution is 8.02. The Balaban J connectivity index is 2.26. The Morgan fingerprint density at radius 2 is 2.16 bits per heavy atom. The van der Waals surface area contributed by atoms with Gasteiger partial charge in [-0.2, -0.15) is 0 Å². The van der Waals surface area contributed by atoms with E-state index in [4.69, 9.17) is 21.8 Å². The van der Waals surface area contributed by atoms with E-state index >= 15 is 0 Å². The molecule has 0 aliphatic rings. The number of thiazole rings is 1. The molecule has 1 unspecified atom stereocenters. The third-order valence-electron chi connectivity index (χ3n) is 2.23. The van der Waals surface area contributed by atoms with Gasteiger partial charge in [0.1, 0.15) is 10.8 Å². The lowest BCUT2D eigenvalue weighted by molar-refractivity contribution is -0.142. The van der Waals surface area contributed by atoms with Crippen LogP contribution in [0.3, 0.4) is 0 Å². The minimum absolute atomic E-state index is 0.455. The van der Waals surface area contributed by atoms with Crippen LogP contribution in [0.2, 0.25) is 5.02 Å². The first-order valence-corrected chi connectivity index (χ1v) is 7.21. The largest absolute Gasteiger partial charge is 0.481 e. The quantitative estimate of drug-likeness (QED) is 0.824. The third kappa shape index (κ3) is 3.37. The van der Waals surface area contributed by atoms with E-state index < -0.39 is 23.6 Å². The molecule has 0 saturated heterocycles. The molecule has 0 saturated carbocycles. The van der Waals surface area contributed by atoms with E-state index in [2.05, 4.69) is 4.98 Å². The van der Waals surface area contributed by atoms with Crippen LogP contribution in [0.25, 0.3) is 10.2 Å². The van der Waals surface area contributed by atoms with Crippen molar-refractivity contribution in [3.63, 3.8) is 0 Å². The van der Waals surface area contributed by atoms with Gasteiger partial charge in [-0.25, -0.2) is 4.98 Å². The van der Waals surface area contributed by atoms with Gasteiger partial charge in [0.15, 0.2) is 4.34 Å². The van der Waals surface area contributed by atoms with Gasteiger partial charge in [0.25, 0.3) is 0 Å². The zero-order valence-corrected chi connectivity index (χ0v) is 11.8. The number of carboxylic acids is 2. The maximum absolute atomic E-state index is 11.0. The van der Waals surface area contributed by atoms with Crippen molar-refractivity contribution in [2.24, 2.45) is 0 Å². The molecule has 2 rings (SSSR count). The van der Waals surface area contributed by atoms with Crippen molar-refractivity contribution in [1.82, 2.24) is 4.98 Å². The van der Waals surface area contributed by atoms with Gasteiger partial charge < -0.3 is 10.2 Å². The molecule has 0 fully saturated rings. The molecular weight excluding hydrogens is 310 g/mol. The number of aromatic nitrogens is 1. The Morgan fingerprint density at radius 3 is 2.74 bits per heavy atom. The van der Waals surface area contributed by atoms with E-state index in [1.54, 1.807) is 12.1 Å². The van der Waals surface area contributed by atoms with Crippen LogP contribution in [0, 0.1) is 0 Å². The first kappa shape index (κ1) is 14.1. The number of aliphatic carboxylic acids is 2. The molecule has 1 aromatic heterocycles. The normalized spacial score (nSPS) is 12.5. The summed E-state index contributed by atoms with van der Waals surface area (Å²) in [6.07, 6.45) is -0.455. The second kappa shape index (κ2) is 5.77. The average molecular weight is 318 g/mol. The molecule has 5 nitrogen and oxygen atoms in total. The number of nitrogens with zero attached hydrogens (tertiary/aromatic N) is 1. The number of fused-ring (bicyclic) bond motifs is 1. The molecule has 1 heterocycles. The molecule has 2 aromatic rings. The Hall–Kier alpha value is -1.31. The van der Waals surface area contributed by atoms with Crippen molar-refractivity contribution in [3.8, 4) is 0 Å². The minimum Gasteiger partial charge on any atom is -0.481 e. The fourth-order valence-corrected chi connectivity index (χ4v) is 3.93.